The van der Waals surface area contributed by atoms with Crippen LogP contribution in [0.1, 0.15) is 30.9 Å². The molecule has 13 heteroatoms. The number of aromatic hydroxyl groups is 1. The summed E-state index contributed by atoms with van der Waals surface area (Å²) in [7, 11) is -3.85. The summed E-state index contributed by atoms with van der Waals surface area (Å²) in [5, 5.41) is 44.9. The molecule has 0 fully saturated rings. The largest absolute Gasteiger partial charge is 0.493 e. The number of nitriles is 1. The summed E-state index contributed by atoms with van der Waals surface area (Å²) in [5.74, 6) is -0.547. The molecular weight excluding hydrogens is 504 g/mol. The number of nitrogens with zero attached hydrogens (tertiary/aromatic N) is 4. The monoisotopic (exact) mass is 536 g/mol. The summed E-state index contributed by atoms with van der Waals surface area (Å²) < 4.78 is 38.1. The number of hydrogen-bond acceptors (Lipinski definition) is 11. The highest BCUT2D eigenvalue weighted by Crippen LogP contribution is 2.32. The van der Waals surface area contributed by atoms with Gasteiger partial charge < -0.3 is 24.8 Å². The van der Waals surface area contributed by atoms with Crippen molar-refractivity contribution in [3.8, 4) is 11.9 Å². The van der Waals surface area contributed by atoms with E-state index in [-0.39, 0.29) is 80.0 Å². The Morgan fingerprint density at radius 3 is 2.35 bits per heavy atom. The first kappa shape index (κ1) is 30.1. The zero-order valence-corrected chi connectivity index (χ0v) is 21.6. The van der Waals surface area contributed by atoms with Crippen molar-refractivity contribution >= 4 is 21.2 Å². The zero-order valence-electron chi connectivity index (χ0n) is 20.8. The number of aromatic nitrogens is 1. The Bertz CT molecular complexity index is 1280. The molecule has 0 saturated carbocycles. The quantitative estimate of drug-likeness (QED) is 0.226. The van der Waals surface area contributed by atoms with E-state index in [2.05, 4.69) is 10.2 Å². The number of pyridine rings is 1. The second-order valence-electron chi connectivity index (χ2n) is 7.94. The minimum Gasteiger partial charge on any atom is -0.493 e. The van der Waals surface area contributed by atoms with E-state index >= 15 is 0 Å². The number of benzene rings is 1. The lowest BCUT2D eigenvalue weighted by atomic mass is 10.1. The lowest BCUT2D eigenvalue weighted by Gasteiger charge is -2.17. The van der Waals surface area contributed by atoms with Gasteiger partial charge in [-0.3, -0.25) is 9.36 Å². The summed E-state index contributed by atoms with van der Waals surface area (Å²) in [6, 6.07) is 7.84. The van der Waals surface area contributed by atoms with Gasteiger partial charge in [0, 0.05) is 12.2 Å². The first-order chi connectivity index (χ1) is 17.7. The molecule has 0 saturated heterocycles. The molecule has 12 nitrogen and oxygen atoms in total. The van der Waals surface area contributed by atoms with Gasteiger partial charge in [0.2, 0.25) is 5.88 Å². The van der Waals surface area contributed by atoms with Gasteiger partial charge in [-0.15, -0.1) is 10.2 Å². The van der Waals surface area contributed by atoms with Gasteiger partial charge in [-0.1, -0.05) is 19.1 Å². The standard InChI is InChI=1S/C24H32N4O8S/c1-3-18(8-12-35-14-10-29)37(33,34)21-7-5-4-6-20(21)26-27-22-17(2)19(16-25)23(31)28(24(22)32)9-13-36-15-11-30/h4-7,18,29-31H,3,8-15H2,1-2H3. The van der Waals surface area contributed by atoms with Crippen LogP contribution in [0.25, 0.3) is 0 Å². The number of rotatable bonds is 15. The van der Waals surface area contributed by atoms with Gasteiger partial charge in [0.25, 0.3) is 5.56 Å². The fraction of sp³-hybridized carbons (Fsp3) is 0.500. The van der Waals surface area contributed by atoms with Gasteiger partial charge in [0.15, 0.2) is 15.5 Å². The van der Waals surface area contributed by atoms with Crippen molar-refractivity contribution in [3.05, 3.63) is 45.7 Å². The molecule has 1 heterocycles. The topological polar surface area (TPSA) is 184 Å². The molecule has 2 rings (SSSR count). The molecule has 1 aromatic carbocycles. The Morgan fingerprint density at radius 2 is 1.73 bits per heavy atom. The lowest BCUT2D eigenvalue weighted by Crippen LogP contribution is -2.24. The van der Waals surface area contributed by atoms with Gasteiger partial charge in [-0.05, 0) is 31.9 Å². The molecule has 0 aliphatic rings. The van der Waals surface area contributed by atoms with Gasteiger partial charge in [-0.2, -0.15) is 5.26 Å². The van der Waals surface area contributed by atoms with E-state index in [1.54, 1.807) is 19.1 Å². The highest BCUT2D eigenvalue weighted by Gasteiger charge is 2.28. The number of hydrogen-bond donors (Lipinski definition) is 3. The molecule has 0 radical (unpaired) electrons. The molecule has 0 aliphatic carbocycles. The summed E-state index contributed by atoms with van der Waals surface area (Å²) in [6.07, 6.45) is 0.540. The second kappa shape index (κ2) is 14.6. The fourth-order valence-corrected chi connectivity index (χ4v) is 5.48. The highest BCUT2D eigenvalue weighted by atomic mass is 32.2. The molecule has 3 N–H and O–H groups in total. The predicted molar refractivity (Wildman–Crippen MR) is 134 cm³/mol. The summed E-state index contributed by atoms with van der Waals surface area (Å²) >= 11 is 0. The Hall–Kier alpha value is -3.15. The third kappa shape index (κ3) is 7.43. The minimum absolute atomic E-state index is 0.0138. The van der Waals surface area contributed by atoms with E-state index in [1.165, 1.54) is 19.1 Å². The van der Waals surface area contributed by atoms with Gasteiger partial charge in [0.1, 0.15) is 17.3 Å². The van der Waals surface area contributed by atoms with Crippen LogP contribution in [0, 0.1) is 18.3 Å². The highest BCUT2D eigenvalue weighted by molar-refractivity contribution is 7.92. The van der Waals surface area contributed by atoms with Crippen molar-refractivity contribution < 1.29 is 33.2 Å². The van der Waals surface area contributed by atoms with Crippen molar-refractivity contribution in [2.75, 3.05) is 39.6 Å². The first-order valence-electron chi connectivity index (χ1n) is 11.7. The van der Waals surface area contributed by atoms with Crippen molar-refractivity contribution in [2.24, 2.45) is 10.2 Å². The Morgan fingerprint density at radius 1 is 1.08 bits per heavy atom. The number of aliphatic hydroxyl groups is 2. The van der Waals surface area contributed by atoms with Crippen molar-refractivity contribution in [1.82, 2.24) is 4.57 Å². The fourth-order valence-electron chi connectivity index (χ4n) is 3.61. The van der Waals surface area contributed by atoms with Gasteiger partial charge in [-0.25, -0.2) is 8.42 Å². The molecule has 0 bridgehead atoms. The number of ether oxygens (including phenoxy) is 2. The van der Waals surface area contributed by atoms with E-state index in [0.717, 1.165) is 4.57 Å². The van der Waals surface area contributed by atoms with Crippen LogP contribution in [-0.4, -0.2) is 73.2 Å². The number of sulfone groups is 1. The number of aliphatic hydroxyl groups excluding tert-OH is 2. The molecule has 0 amide bonds. The van der Waals surface area contributed by atoms with Crippen LogP contribution in [0.3, 0.4) is 0 Å². The Balaban J connectivity index is 2.48. The SMILES string of the molecule is CCC(CCOCCO)S(=O)(=O)c1ccccc1N=Nc1c(C)c(C#N)c(O)n(CCOCCO)c1=O. The van der Waals surface area contributed by atoms with E-state index in [4.69, 9.17) is 19.7 Å². The molecule has 0 aliphatic heterocycles. The van der Waals surface area contributed by atoms with Gasteiger partial charge in [0.05, 0.1) is 49.7 Å². The maximum absolute atomic E-state index is 13.4. The average molecular weight is 537 g/mol. The maximum atomic E-state index is 13.4. The van der Waals surface area contributed by atoms with Crippen molar-refractivity contribution in [2.45, 2.75) is 43.4 Å². The molecule has 0 spiro atoms. The van der Waals surface area contributed by atoms with Crippen LogP contribution in [0.4, 0.5) is 11.4 Å². The van der Waals surface area contributed by atoms with Crippen LogP contribution in [0.15, 0.2) is 44.2 Å². The molecule has 2 aromatic rings. The Labute approximate surface area is 215 Å². The summed E-state index contributed by atoms with van der Waals surface area (Å²) in [4.78, 5) is 13.0. The summed E-state index contributed by atoms with van der Waals surface area (Å²) in [5.41, 5.74) is -1.04. The number of azo groups is 1. The third-order valence-corrected chi connectivity index (χ3v) is 8.01. The second-order valence-corrected chi connectivity index (χ2v) is 10.1. The zero-order chi connectivity index (χ0) is 27.4. The average Bonchev–Trinajstić information content (AvgIpc) is 2.88. The van der Waals surface area contributed by atoms with Gasteiger partial charge >= 0.3 is 0 Å². The lowest BCUT2D eigenvalue weighted by molar-refractivity contribution is 0.0854. The summed E-state index contributed by atoms with van der Waals surface area (Å²) in [6.45, 7) is 3.00. The van der Waals surface area contributed by atoms with E-state index < -0.39 is 26.5 Å². The molecule has 202 valence electrons. The molecule has 1 aromatic heterocycles. The molecule has 37 heavy (non-hydrogen) atoms. The van der Waals surface area contributed by atoms with E-state index in [1.807, 2.05) is 6.07 Å². The van der Waals surface area contributed by atoms with Crippen LogP contribution in [-0.2, 0) is 25.9 Å². The molecule has 1 atom stereocenters. The maximum Gasteiger partial charge on any atom is 0.281 e. The molecule has 1 unspecified atom stereocenters. The van der Waals surface area contributed by atoms with Crippen LogP contribution in [0.5, 0.6) is 5.88 Å². The molecular formula is C24H32N4O8S. The Kier molecular flexibility index (Phi) is 11.8. The minimum atomic E-state index is -3.85. The van der Waals surface area contributed by atoms with Crippen molar-refractivity contribution in [3.63, 3.8) is 0 Å². The normalized spacial score (nSPS) is 12.6. The third-order valence-electron chi connectivity index (χ3n) is 5.61. The van der Waals surface area contributed by atoms with Crippen LogP contribution >= 0.6 is 0 Å². The van der Waals surface area contributed by atoms with E-state index in [9.17, 15) is 23.6 Å². The van der Waals surface area contributed by atoms with Crippen LogP contribution < -0.4 is 5.56 Å². The predicted octanol–water partition coefficient (Wildman–Crippen LogP) is 2.11. The van der Waals surface area contributed by atoms with E-state index in [0.29, 0.717) is 6.42 Å². The van der Waals surface area contributed by atoms with Crippen LogP contribution in [0.2, 0.25) is 0 Å². The van der Waals surface area contributed by atoms with Crippen molar-refractivity contribution in [1.29, 1.82) is 5.26 Å². The first-order valence-corrected chi connectivity index (χ1v) is 13.3. The smallest absolute Gasteiger partial charge is 0.281 e.